The van der Waals surface area contributed by atoms with Crippen LogP contribution in [0, 0.1) is 5.92 Å². The highest BCUT2D eigenvalue weighted by Crippen LogP contribution is 2.27. The molecule has 2 rings (SSSR count). The minimum Gasteiger partial charge on any atom is -0.444 e. The van der Waals surface area contributed by atoms with Gasteiger partial charge >= 0.3 is 6.09 Å². The lowest BCUT2D eigenvalue weighted by atomic mass is 10.0. The molecule has 0 bridgehead atoms. The number of aromatic nitrogens is 2. The zero-order valence-electron chi connectivity index (χ0n) is 13.4. The van der Waals surface area contributed by atoms with Crippen LogP contribution in [0.4, 0.5) is 4.79 Å². The van der Waals surface area contributed by atoms with Crippen LogP contribution in [0.3, 0.4) is 0 Å². The van der Waals surface area contributed by atoms with Gasteiger partial charge in [-0.15, -0.1) is 0 Å². The third-order valence-corrected chi connectivity index (χ3v) is 3.86. The van der Waals surface area contributed by atoms with E-state index in [1.165, 1.54) is 32.1 Å². The molecule has 1 heterocycles. The first-order valence-corrected chi connectivity index (χ1v) is 7.90. The number of aryl methyl sites for hydroxylation is 1. The first-order valence-electron chi connectivity index (χ1n) is 7.90. The lowest BCUT2D eigenvalue weighted by Crippen LogP contribution is -2.32. The highest BCUT2D eigenvalue weighted by atomic mass is 16.6. The van der Waals surface area contributed by atoms with E-state index >= 15 is 0 Å². The fourth-order valence-electron chi connectivity index (χ4n) is 2.79. The molecular weight excluding hydrogens is 266 g/mol. The van der Waals surface area contributed by atoms with Crippen LogP contribution in [0.25, 0.3) is 0 Å². The Morgan fingerprint density at radius 3 is 2.81 bits per heavy atom. The van der Waals surface area contributed by atoms with E-state index in [9.17, 15) is 4.79 Å². The van der Waals surface area contributed by atoms with E-state index < -0.39 is 5.60 Å². The van der Waals surface area contributed by atoms with Gasteiger partial charge in [0.05, 0.1) is 18.6 Å². The second-order valence-electron chi connectivity index (χ2n) is 6.87. The van der Waals surface area contributed by atoms with Crippen LogP contribution < -0.4 is 5.32 Å². The number of carbonyl (C=O) groups is 1. The third-order valence-electron chi connectivity index (χ3n) is 3.86. The smallest absolute Gasteiger partial charge is 0.407 e. The van der Waals surface area contributed by atoms with Gasteiger partial charge in [-0.3, -0.25) is 0 Å². The minimum atomic E-state index is -0.465. The van der Waals surface area contributed by atoms with E-state index in [1.807, 2.05) is 33.3 Å². The molecular formula is C16H27N3O2. The number of nitrogens with one attached hydrogen (secondary N) is 1. The largest absolute Gasteiger partial charge is 0.444 e. The number of carbonyl (C=O) groups excluding carboxylic acids is 1. The summed E-state index contributed by atoms with van der Waals surface area (Å²) in [6.45, 7) is 7.02. The van der Waals surface area contributed by atoms with Crippen LogP contribution in [-0.4, -0.2) is 21.2 Å². The number of hydrogen-bond acceptors (Lipinski definition) is 3. The standard InChI is InChI=1S/C16H27N3O2/c1-16(2,3)21-15(20)18-11-14-10-17-12-19(14)9-8-13-6-4-5-7-13/h10,12-13H,4-9,11H2,1-3H3,(H,18,20). The molecule has 1 aliphatic rings. The molecule has 5 nitrogen and oxygen atoms in total. The van der Waals surface area contributed by atoms with Crippen LogP contribution in [0.5, 0.6) is 0 Å². The van der Waals surface area contributed by atoms with Crippen LogP contribution in [-0.2, 0) is 17.8 Å². The van der Waals surface area contributed by atoms with Gasteiger partial charge in [0.2, 0.25) is 0 Å². The van der Waals surface area contributed by atoms with Crippen molar-refractivity contribution in [3.8, 4) is 0 Å². The van der Waals surface area contributed by atoms with Gasteiger partial charge in [-0.1, -0.05) is 25.7 Å². The summed E-state index contributed by atoms with van der Waals surface area (Å²) in [5, 5.41) is 2.79. The van der Waals surface area contributed by atoms with E-state index in [4.69, 9.17) is 4.74 Å². The molecule has 1 amide bonds. The monoisotopic (exact) mass is 293 g/mol. The Labute approximate surface area is 127 Å². The summed E-state index contributed by atoms with van der Waals surface area (Å²) in [7, 11) is 0. The molecule has 1 aliphatic carbocycles. The van der Waals surface area contributed by atoms with Gasteiger partial charge in [-0.2, -0.15) is 0 Å². The summed E-state index contributed by atoms with van der Waals surface area (Å²) in [4.78, 5) is 15.9. The molecule has 1 N–H and O–H groups in total. The molecule has 0 radical (unpaired) electrons. The average molecular weight is 293 g/mol. The molecule has 1 saturated carbocycles. The minimum absolute atomic E-state index is 0.383. The molecule has 0 spiro atoms. The SMILES string of the molecule is CC(C)(C)OC(=O)NCc1cncn1CCC1CCCC1. The topological polar surface area (TPSA) is 56.1 Å². The Morgan fingerprint density at radius 2 is 2.14 bits per heavy atom. The van der Waals surface area contributed by atoms with Crippen molar-refractivity contribution in [3.05, 3.63) is 18.2 Å². The number of nitrogens with zero attached hydrogens (tertiary/aromatic N) is 2. The average Bonchev–Trinajstić information content (AvgIpc) is 3.03. The van der Waals surface area contributed by atoms with E-state index in [0.717, 1.165) is 18.2 Å². The van der Waals surface area contributed by atoms with Crippen molar-refractivity contribution >= 4 is 6.09 Å². The molecule has 0 unspecified atom stereocenters. The first kappa shape index (κ1) is 15.9. The summed E-state index contributed by atoms with van der Waals surface area (Å²) in [6, 6.07) is 0. The maximum absolute atomic E-state index is 11.7. The van der Waals surface area contributed by atoms with Crippen molar-refractivity contribution in [1.29, 1.82) is 0 Å². The first-order chi connectivity index (χ1) is 9.94. The van der Waals surface area contributed by atoms with Crippen molar-refractivity contribution in [2.75, 3.05) is 0 Å². The Kier molecular flexibility index (Phi) is 5.26. The Morgan fingerprint density at radius 1 is 1.43 bits per heavy atom. The second-order valence-corrected chi connectivity index (χ2v) is 6.87. The molecule has 21 heavy (non-hydrogen) atoms. The molecule has 1 fully saturated rings. The van der Waals surface area contributed by atoms with Gasteiger partial charge in [0.1, 0.15) is 5.60 Å². The quantitative estimate of drug-likeness (QED) is 0.904. The molecule has 0 atom stereocenters. The van der Waals surface area contributed by atoms with Crippen LogP contribution in [0.1, 0.15) is 58.6 Å². The Balaban J connectivity index is 1.78. The fourth-order valence-corrected chi connectivity index (χ4v) is 2.79. The maximum atomic E-state index is 11.7. The number of rotatable bonds is 5. The number of hydrogen-bond donors (Lipinski definition) is 1. The maximum Gasteiger partial charge on any atom is 0.407 e. The molecule has 1 aromatic heterocycles. The van der Waals surface area contributed by atoms with E-state index in [0.29, 0.717) is 6.54 Å². The van der Waals surface area contributed by atoms with Gasteiger partial charge in [0.25, 0.3) is 0 Å². The third kappa shape index (κ3) is 5.40. The van der Waals surface area contributed by atoms with E-state index in [1.54, 1.807) is 0 Å². The molecule has 0 saturated heterocycles. The lowest BCUT2D eigenvalue weighted by molar-refractivity contribution is 0.0522. The van der Waals surface area contributed by atoms with Crippen molar-refractivity contribution in [3.63, 3.8) is 0 Å². The number of ether oxygens (including phenoxy) is 1. The molecule has 5 heteroatoms. The Bertz CT molecular complexity index is 456. The van der Waals surface area contributed by atoms with Crippen molar-refractivity contribution in [2.45, 2.75) is 71.6 Å². The highest BCUT2D eigenvalue weighted by Gasteiger charge is 2.17. The number of imidazole rings is 1. The lowest BCUT2D eigenvalue weighted by Gasteiger charge is -2.20. The number of alkyl carbamates (subject to hydrolysis) is 1. The summed E-state index contributed by atoms with van der Waals surface area (Å²) < 4.78 is 7.37. The Hall–Kier alpha value is -1.52. The van der Waals surface area contributed by atoms with Crippen molar-refractivity contribution < 1.29 is 9.53 Å². The summed E-state index contributed by atoms with van der Waals surface area (Å²) >= 11 is 0. The predicted octanol–water partition coefficient (Wildman–Crippen LogP) is 3.49. The van der Waals surface area contributed by atoms with Gasteiger partial charge in [0.15, 0.2) is 0 Å². The van der Waals surface area contributed by atoms with Gasteiger partial charge in [0, 0.05) is 12.7 Å². The van der Waals surface area contributed by atoms with Crippen LogP contribution in [0.15, 0.2) is 12.5 Å². The molecule has 1 aromatic rings. The normalized spacial score (nSPS) is 16.1. The van der Waals surface area contributed by atoms with E-state index in [-0.39, 0.29) is 6.09 Å². The van der Waals surface area contributed by atoms with E-state index in [2.05, 4.69) is 14.9 Å². The molecule has 0 aliphatic heterocycles. The summed E-state index contributed by atoms with van der Waals surface area (Å²) in [6.07, 6.45) is 9.96. The second kappa shape index (κ2) is 6.96. The molecule has 118 valence electrons. The van der Waals surface area contributed by atoms with Crippen LogP contribution >= 0.6 is 0 Å². The molecule has 0 aromatic carbocycles. The zero-order valence-corrected chi connectivity index (χ0v) is 13.4. The summed E-state index contributed by atoms with van der Waals surface area (Å²) in [5.41, 5.74) is 0.561. The van der Waals surface area contributed by atoms with Gasteiger partial charge in [-0.05, 0) is 33.1 Å². The van der Waals surface area contributed by atoms with Crippen molar-refractivity contribution in [2.24, 2.45) is 5.92 Å². The van der Waals surface area contributed by atoms with Crippen LogP contribution in [0.2, 0.25) is 0 Å². The van der Waals surface area contributed by atoms with Gasteiger partial charge in [-0.25, -0.2) is 9.78 Å². The number of amides is 1. The highest BCUT2D eigenvalue weighted by molar-refractivity contribution is 5.67. The predicted molar refractivity (Wildman–Crippen MR) is 81.9 cm³/mol. The zero-order chi connectivity index (χ0) is 15.3. The summed E-state index contributed by atoms with van der Waals surface area (Å²) in [5.74, 6) is 0.860. The van der Waals surface area contributed by atoms with Gasteiger partial charge < -0.3 is 14.6 Å². The fraction of sp³-hybridized carbons (Fsp3) is 0.750. The van der Waals surface area contributed by atoms with Crippen molar-refractivity contribution in [1.82, 2.24) is 14.9 Å².